The molecule has 0 radical (unpaired) electrons. The largest absolute Gasteiger partial charge is 0.489 e. The number of ether oxygens (including phenoxy) is 2. The van der Waals surface area contributed by atoms with Gasteiger partial charge in [0.1, 0.15) is 18.5 Å². The molecule has 6 heteroatoms. The lowest BCUT2D eigenvalue weighted by Crippen LogP contribution is -2.52. The third kappa shape index (κ3) is 5.77. The molecule has 6 nitrogen and oxygen atoms in total. The van der Waals surface area contributed by atoms with Gasteiger partial charge in [-0.3, -0.25) is 9.69 Å². The van der Waals surface area contributed by atoms with E-state index in [9.17, 15) is 9.59 Å². The van der Waals surface area contributed by atoms with E-state index in [2.05, 4.69) is 4.90 Å². The molecular formula is C30H31NO5. The second-order valence-electron chi connectivity index (χ2n) is 9.70. The lowest BCUT2D eigenvalue weighted by atomic mass is 9.85. The van der Waals surface area contributed by atoms with Crippen LogP contribution in [0, 0.1) is 5.92 Å². The van der Waals surface area contributed by atoms with Crippen LogP contribution in [0.2, 0.25) is 0 Å². The van der Waals surface area contributed by atoms with Gasteiger partial charge in [0.05, 0.1) is 12.0 Å². The predicted octanol–water partition coefficient (Wildman–Crippen LogP) is 5.12. The Kier molecular flexibility index (Phi) is 7.33. The van der Waals surface area contributed by atoms with Crippen LogP contribution in [0.25, 0.3) is 0 Å². The standard InChI is InChI=1S/C30H31NO5/c32-29(36-28-19-31-15-13-23(28)14-16-31)18-27(22-5-2-1-3-6-22)25-7-4-8-26(17-25)35-20-21-9-11-24(12-10-21)30(33)34/h1-12,17,23,27-28H,13-16,18-20H2,(H,33,34)/t27-,28-/m0/s1. The molecule has 3 aromatic carbocycles. The molecule has 6 rings (SSSR count). The molecule has 3 aromatic rings. The molecule has 2 bridgehead atoms. The maximum atomic E-state index is 13.1. The number of hydrogen-bond donors (Lipinski definition) is 1. The highest BCUT2D eigenvalue weighted by molar-refractivity contribution is 5.87. The van der Waals surface area contributed by atoms with Gasteiger partial charge in [0.25, 0.3) is 0 Å². The number of esters is 1. The minimum atomic E-state index is -0.950. The van der Waals surface area contributed by atoms with Gasteiger partial charge in [-0.1, -0.05) is 54.6 Å². The number of carbonyl (C=O) groups is 2. The van der Waals surface area contributed by atoms with E-state index in [-0.39, 0.29) is 30.0 Å². The van der Waals surface area contributed by atoms with Gasteiger partial charge < -0.3 is 14.6 Å². The number of benzene rings is 3. The van der Waals surface area contributed by atoms with E-state index >= 15 is 0 Å². The summed E-state index contributed by atoms with van der Waals surface area (Å²) in [6.45, 7) is 3.40. The van der Waals surface area contributed by atoms with Crippen molar-refractivity contribution in [1.29, 1.82) is 0 Å². The van der Waals surface area contributed by atoms with Crippen molar-refractivity contribution in [2.24, 2.45) is 5.92 Å². The SMILES string of the molecule is O=C(C[C@@H](c1ccccc1)c1cccc(OCc2ccc(C(=O)O)cc2)c1)O[C@H]1CN2CCC1CC2. The Bertz CT molecular complexity index is 1190. The van der Waals surface area contributed by atoms with Gasteiger partial charge >= 0.3 is 11.9 Å². The van der Waals surface area contributed by atoms with E-state index in [0.717, 1.165) is 49.2 Å². The summed E-state index contributed by atoms with van der Waals surface area (Å²) in [4.78, 5) is 26.6. The van der Waals surface area contributed by atoms with Crippen LogP contribution < -0.4 is 4.74 Å². The number of hydrogen-bond acceptors (Lipinski definition) is 5. The Balaban J connectivity index is 1.29. The van der Waals surface area contributed by atoms with E-state index in [4.69, 9.17) is 14.6 Å². The fourth-order valence-electron chi connectivity index (χ4n) is 5.27. The van der Waals surface area contributed by atoms with Crippen molar-refractivity contribution in [2.45, 2.75) is 37.9 Å². The molecular weight excluding hydrogens is 454 g/mol. The number of carboxylic acids is 1. The van der Waals surface area contributed by atoms with Crippen molar-refractivity contribution >= 4 is 11.9 Å². The number of carboxylic acid groups (broad SMARTS) is 1. The third-order valence-corrected chi connectivity index (χ3v) is 7.32. The summed E-state index contributed by atoms with van der Waals surface area (Å²) >= 11 is 0. The molecule has 0 aromatic heterocycles. The zero-order valence-corrected chi connectivity index (χ0v) is 20.2. The first-order valence-corrected chi connectivity index (χ1v) is 12.6. The molecule has 3 aliphatic rings. The number of rotatable bonds is 9. The fraction of sp³-hybridized carbons (Fsp3) is 0.333. The predicted molar refractivity (Wildman–Crippen MR) is 136 cm³/mol. The molecule has 0 amide bonds. The lowest BCUT2D eigenvalue weighted by molar-refractivity contribution is -0.159. The van der Waals surface area contributed by atoms with Crippen LogP contribution in [0.4, 0.5) is 0 Å². The second kappa shape index (κ2) is 11.0. The van der Waals surface area contributed by atoms with E-state index in [1.54, 1.807) is 24.3 Å². The molecule has 1 N–H and O–H groups in total. The molecule has 3 aliphatic heterocycles. The minimum absolute atomic E-state index is 0.00129. The molecule has 3 saturated heterocycles. The first kappa shape index (κ1) is 24.1. The quantitative estimate of drug-likeness (QED) is 0.424. The van der Waals surface area contributed by atoms with Gasteiger partial charge in [0.2, 0.25) is 0 Å². The Labute approximate surface area is 211 Å². The summed E-state index contributed by atoms with van der Waals surface area (Å²) < 4.78 is 12.0. The summed E-state index contributed by atoms with van der Waals surface area (Å²) in [6, 6.07) is 24.5. The van der Waals surface area contributed by atoms with Crippen molar-refractivity contribution in [1.82, 2.24) is 4.90 Å². The highest BCUT2D eigenvalue weighted by Gasteiger charge is 2.36. The second-order valence-corrected chi connectivity index (χ2v) is 9.70. The van der Waals surface area contributed by atoms with Crippen molar-refractivity contribution < 1.29 is 24.2 Å². The van der Waals surface area contributed by atoms with Crippen molar-refractivity contribution in [3.63, 3.8) is 0 Å². The number of aromatic carboxylic acids is 1. The number of carbonyl (C=O) groups excluding carboxylic acids is 1. The summed E-state index contributed by atoms with van der Waals surface area (Å²) in [7, 11) is 0. The number of piperidine rings is 3. The number of fused-ring (bicyclic) bond motifs is 3. The molecule has 0 unspecified atom stereocenters. The Morgan fingerprint density at radius 2 is 1.64 bits per heavy atom. The average molecular weight is 486 g/mol. The normalized spacial score (nSPS) is 21.5. The van der Waals surface area contributed by atoms with E-state index in [0.29, 0.717) is 18.3 Å². The van der Waals surface area contributed by atoms with Crippen LogP contribution >= 0.6 is 0 Å². The molecule has 186 valence electrons. The molecule has 0 spiro atoms. The fourth-order valence-corrected chi connectivity index (χ4v) is 5.27. The van der Waals surface area contributed by atoms with Gasteiger partial charge in [-0.15, -0.1) is 0 Å². The summed E-state index contributed by atoms with van der Waals surface area (Å²) in [5.74, 6) is -0.0725. The molecule has 36 heavy (non-hydrogen) atoms. The monoisotopic (exact) mass is 485 g/mol. The molecule has 0 saturated carbocycles. The first-order chi connectivity index (χ1) is 17.5. The third-order valence-electron chi connectivity index (χ3n) is 7.32. The van der Waals surface area contributed by atoms with E-state index < -0.39 is 5.97 Å². The average Bonchev–Trinajstić information content (AvgIpc) is 2.92. The van der Waals surface area contributed by atoms with Crippen LogP contribution in [-0.2, 0) is 16.1 Å². The topological polar surface area (TPSA) is 76.1 Å². The van der Waals surface area contributed by atoms with Crippen LogP contribution in [-0.4, -0.2) is 47.7 Å². The van der Waals surface area contributed by atoms with Crippen molar-refractivity contribution in [2.75, 3.05) is 19.6 Å². The van der Waals surface area contributed by atoms with Crippen LogP contribution in [0.1, 0.15) is 52.2 Å². The first-order valence-electron chi connectivity index (χ1n) is 12.6. The number of nitrogens with zero attached hydrogens (tertiary/aromatic N) is 1. The van der Waals surface area contributed by atoms with Gasteiger partial charge in [-0.25, -0.2) is 4.79 Å². The Hall–Kier alpha value is -3.64. The highest BCUT2D eigenvalue weighted by Crippen LogP contribution is 2.33. The summed E-state index contributed by atoms with van der Waals surface area (Å²) in [6.07, 6.45) is 2.49. The maximum Gasteiger partial charge on any atom is 0.335 e. The smallest absolute Gasteiger partial charge is 0.335 e. The Morgan fingerprint density at radius 1 is 0.917 bits per heavy atom. The molecule has 2 atom stereocenters. The molecule has 3 heterocycles. The summed E-state index contributed by atoms with van der Waals surface area (Å²) in [5, 5.41) is 9.08. The van der Waals surface area contributed by atoms with Crippen LogP contribution in [0.5, 0.6) is 5.75 Å². The van der Waals surface area contributed by atoms with E-state index in [1.807, 2.05) is 54.6 Å². The lowest BCUT2D eigenvalue weighted by Gasteiger charge is -2.44. The highest BCUT2D eigenvalue weighted by atomic mass is 16.5. The van der Waals surface area contributed by atoms with Crippen LogP contribution in [0.15, 0.2) is 78.9 Å². The Morgan fingerprint density at radius 3 is 2.31 bits per heavy atom. The van der Waals surface area contributed by atoms with Gasteiger partial charge in [0.15, 0.2) is 0 Å². The molecule has 0 aliphatic carbocycles. The van der Waals surface area contributed by atoms with Gasteiger partial charge in [0, 0.05) is 12.5 Å². The minimum Gasteiger partial charge on any atom is -0.489 e. The van der Waals surface area contributed by atoms with Crippen molar-refractivity contribution in [3.05, 3.63) is 101 Å². The summed E-state index contributed by atoms with van der Waals surface area (Å²) in [5.41, 5.74) is 3.18. The zero-order valence-electron chi connectivity index (χ0n) is 20.2. The molecule has 3 fully saturated rings. The van der Waals surface area contributed by atoms with Gasteiger partial charge in [-0.05, 0) is 72.8 Å². The van der Waals surface area contributed by atoms with E-state index in [1.165, 1.54) is 0 Å². The maximum absolute atomic E-state index is 13.1. The van der Waals surface area contributed by atoms with Crippen LogP contribution in [0.3, 0.4) is 0 Å². The zero-order chi connectivity index (χ0) is 24.9. The van der Waals surface area contributed by atoms with Gasteiger partial charge in [-0.2, -0.15) is 0 Å². The van der Waals surface area contributed by atoms with Crippen molar-refractivity contribution in [3.8, 4) is 5.75 Å².